The van der Waals surface area contributed by atoms with E-state index in [1.54, 1.807) is 34.1 Å². The number of amides is 1. The van der Waals surface area contributed by atoms with Crippen LogP contribution in [0.5, 0.6) is 0 Å². The number of carboxylic acid groups (broad SMARTS) is 3. The Morgan fingerprint density at radius 2 is 1.34 bits per heavy atom. The van der Waals surface area contributed by atoms with Crippen LogP contribution in [0.25, 0.3) is 0 Å². The fourth-order valence-corrected chi connectivity index (χ4v) is 5.19. The summed E-state index contributed by atoms with van der Waals surface area (Å²) in [5, 5.41) is 31.6. The second-order valence-electron chi connectivity index (χ2n) is 9.63. The molecule has 0 unspecified atom stereocenters. The zero-order chi connectivity index (χ0) is 30.4. The Hall–Kier alpha value is -4.08. The van der Waals surface area contributed by atoms with Gasteiger partial charge in [0.1, 0.15) is 13.5 Å². The van der Waals surface area contributed by atoms with Gasteiger partial charge in [-0.3, -0.25) is 38.6 Å². The lowest BCUT2D eigenvalue weighted by molar-refractivity contribution is -0.150. The van der Waals surface area contributed by atoms with Crippen LogP contribution in [0.1, 0.15) is 44.2 Å². The third-order valence-corrected chi connectivity index (χ3v) is 6.73. The van der Waals surface area contributed by atoms with Gasteiger partial charge in [0, 0.05) is 37.3 Å². The highest BCUT2D eigenvalue weighted by Gasteiger charge is 2.38. The van der Waals surface area contributed by atoms with Gasteiger partial charge in [-0.2, -0.15) is 0 Å². The van der Waals surface area contributed by atoms with E-state index in [0.717, 1.165) is 12.8 Å². The molecule has 1 aliphatic rings. The molecule has 0 heterocycles. The number of carbonyl (C=O) groups excluding carboxylic acids is 3. The quantitative estimate of drug-likeness (QED) is 0.129. The molecule has 4 N–H and O–H groups in total. The van der Waals surface area contributed by atoms with Crippen molar-refractivity contribution >= 4 is 42.4 Å². The topological polar surface area (TPSA) is 203 Å². The maximum Gasteiger partial charge on any atom is 0.317 e. The lowest BCUT2D eigenvalue weighted by Crippen LogP contribution is -2.57. The fourth-order valence-electron chi connectivity index (χ4n) is 5.19. The summed E-state index contributed by atoms with van der Waals surface area (Å²) in [4.78, 5) is 73.2. The molecule has 15 heteroatoms. The number of carbonyl (C=O) groups is 6. The molecule has 226 valence electrons. The number of hydrogen-bond donors (Lipinski definition) is 4. The minimum atomic E-state index is -1.27. The highest BCUT2D eigenvalue weighted by Crippen LogP contribution is 2.31. The van der Waals surface area contributed by atoms with E-state index in [9.17, 15) is 44.1 Å². The Kier molecular flexibility index (Phi) is 13.6. The van der Waals surface area contributed by atoms with Crippen LogP contribution in [0.2, 0.25) is 0 Å². The lowest BCUT2D eigenvalue weighted by atomic mass is 9.87. The van der Waals surface area contributed by atoms with Crippen LogP contribution in [0.3, 0.4) is 0 Å². The third kappa shape index (κ3) is 11.1. The number of anilines is 1. The summed E-state index contributed by atoms with van der Waals surface area (Å²) in [6.07, 6.45) is 2.62. The Labute approximate surface area is 236 Å². The Bertz CT molecular complexity index is 1020. The van der Waals surface area contributed by atoms with Crippen LogP contribution in [0.15, 0.2) is 24.3 Å². The summed E-state index contributed by atoms with van der Waals surface area (Å²) in [5.41, 5.74) is 0.980. The molecule has 1 fully saturated rings. The van der Waals surface area contributed by atoms with Crippen LogP contribution < -0.4 is 5.32 Å². The zero-order valence-electron chi connectivity index (χ0n) is 22.7. The summed E-state index contributed by atoms with van der Waals surface area (Å²) < 4.78 is 9.83. The van der Waals surface area contributed by atoms with E-state index in [0.29, 0.717) is 24.1 Å². The standard InChI is InChI=1S/C26H36N4O11/c1-18(33)27-20-8-6-19(7-9-20)23(29(12-25(36)37)13-26(38)39)10-28(11-24(34)35)21-4-2-3-5-22(21)30(14-40-16-31)15-41-17-32/h6-9,16-17,21-23H,2-5,10-15H2,1H3,(H,27,33)(H,34,35)(H,36,37)(H,38,39)/t21-,22-,23-/m0/s1. The average molecular weight is 581 g/mol. The largest absolute Gasteiger partial charge is 0.480 e. The Morgan fingerprint density at radius 3 is 1.78 bits per heavy atom. The molecule has 1 saturated carbocycles. The Balaban J connectivity index is 2.53. The molecule has 0 aliphatic heterocycles. The minimum Gasteiger partial charge on any atom is -0.480 e. The molecule has 1 aromatic rings. The van der Waals surface area contributed by atoms with Crippen molar-refractivity contribution in [2.75, 3.05) is 45.0 Å². The smallest absolute Gasteiger partial charge is 0.317 e. The number of benzene rings is 1. The number of hydrogen-bond acceptors (Lipinski definition) is 11. The lowest BCUT2D eigenvalue weighted by Gasteiger charge is -2.45. The van der Waals surface area contributed by atoms with Crippen LogP contribution in [0.4, 0.5) is 5.69 Å². The maximum absolute atomic E-state index is 12.0. The van der Waals surface area contributed by atoms with E-state index in [1.807, 2.05) is 0 Å². The maximum atomic E-state index is 12.0. The summed E-state index contributed by atoms with van der Waals surface area (Å²) >= 11 is 0. The minimum absolute atomic E-state index is 0.0651. The molecule has 0 aromatic heterocycles. The molecular formula is C26H36N4O11. The van der Waals surface area contributed by atoms with Crippen LogP contribution >= 0.6 is 0 Å². The second kappa shape index (κ2) is 16.9. The van der Waals surface area contributed by atoms with E-state index in [-0.39, 0.29) is 38.9 Å². The molecule has 2 rings (SSSR count). The van der Waals surface area contributed by atoms with Crippen LogP contribution in [-0.2, 0) is 38.2 Å². The number of aliphatic carboxylic acids is 3. The molecule has 0 spiro atoms. The van der Waals surface area contributed by atoms with Gasteiger partial charge < -0.3 is 30.1 Å². The molecule has 1 aliphatic carbocycles. The predicted octanol–water partition coefficient (Wildman–Crippen LogP) is 0.418. The second-order valence-corrected chi connectivity index (χ2v) is 9.63. The highest BCUT2D eigenvalue weighted by molar-refractivity contribution is 5.88. The van der Waals surface area contributed by atoms with Gasteiger partial charge in [0.2, 0.25) is 5.91 Å². The number of ether oxygens (including phenoxy) is 2. The van der Waals surface area contributed by atoms with Crippen molar-refractivity contribution in [1.29, 1.82) is 0 Å². The van der Waals surface area contributed by atoms with E-state index in [4.69, 9.17) is 9.47 Å². The van der Waals surface area contributed by atoms with Crippen LogP contribution in [0, 0.1) is 0 Å². The van der Waals surface area contributed by atoms with E-state index in [2.05, 4.69) is 5.32 Å². The summed E-state index contributed by atoms with van der Waals surface area (Å²) in [6, 6.07) is 4.67. The molecule has 1 aromatic carbocycles. The molecule has 0 radical (unpaired) electrons. The van der Waals surface area contributed by atoms with Crippen molar-refractivity contribution in [3.63, 3.8) is 0 Å². The molecule has 15 nitrogen and oxygen atoms in total. The summed E-state index contributed by atoms with van der Waals surface area (Å²) in [6.45, 7) is -0.371. The van der Waals surface area contributed by atoms with Gasteiger partial charge in [-0.05, 0) is 30.5 Å². The first-order valence-electron chi connectivity index (χ1n) is 12.9. The monoisotopic (exact) mass is 580 g/mol. The van der Waals surface area contributed by atoms with Gasteiger partial charge in [0.05, 0.1) is 19.6 Å². The first kappa shape index (κ1) is 33.1. The number of carboxylic acids is 3. The van der Waals surface area contributed by atoms with E-state index in [1.165, 1.54) is 11.8 Å². The predicted molar refractivity (Wildman–Crippen MR) is 141 cm³/mol. The first-order valence-corrected chi connectivity index (χ1v) is 12.9. The zero-order valence-corrected chi connectivity index (χ0v) is 22.7. The summed E-state index contributed by atoms with van der Waals surface area (Å²) in [7, 11) is 0. The molecule has 3 atom stereocenters. The first-order chi connectivity index (χ1) is 19.5. The number of nitrogens with one attached hydrogen (secondary N) is 1. The molecular weight excluding hydrogens is 544 g/mol. The van der Waals surface area contributed by atoms with E-state index >= 15 is 0 Å². The van der Waals surface area contributed by atoms with Crippen molar-refractivity contribution in [2.24, 2.45) is 0 Å². The SMILES string of the molecule is CC(=O)Nc1ccc([C@H](CN(CC(=O)O)[C@H]2CCCC[C@@H]2N(COC=O)COC=O)N(CC(=O)O)CC(=O)O)cc1. The van der Waals surface area contributed by atoms with Gasteiger partial charge in [0.25, 0.3) is 12.9 Å². The van der Waals surface area contributed by atoms with Gasteiger partial charge in [0.15, 0.2) is 0 Å². The average Bonchev–Trinajstić information content (AvgIpc) is 2.90. The molecule has 1 amide bonds. The fraction of sp³-hybridized carbons (Fsp3) is 0.538. The van der Waals surface area contributed by atoms with Crippen molar-refractivity contribution in [3.05, 3.63) is 29.8 Å². The van der Waals surface area contributed by atoms with Gasteiger partial charge in [-0.25, -0.2) is 4.90 Å². The van der Waals surface area contributed by atoms with Crippen molar-refractivity contribution < 1.29 is 53.6 Å². The van der Waals surface area contributed by atoms with Crippen LogP contribution in [-0.4, -0.2) is 119 Å². The number of nitrogens with zero attached hydrogens (tertiary/aromatic N) is 3. The normalized spacial score (nSPS) is 17.6. The van der Waals surface area contributed by atoms with Crippen molar-refractivity contribution in [3.8, 4) is 0 Å². The number of rotatable bonds is 19. The highest BCUT2D eigenvalue weighted by atomic mass is 16.6. The van der Waals surface area contributed by atoms with Crippen molar-refractivity contribution in [1.82, 2.24) is 14.7 Å². The van der Waals surface area contributed by atoms with Crippen molar-refractivity contribution in [2.45, 2.75) is 50.7 Å². The molecule has 41 heavy (non-hydrogen) atoms. The van der Waals surface area contributed by atoms with E-state index < -0.39 is 55.7 Å². The molecule has 0 bridgehead atoms. The molecule has 0 saturated heterocycles. The third-order valence-electron chi connectivity index (χ3n) is 6.73. The van der Waals surface area contributed by atoms with Gasteiger partial charge in [-0.1, -0.05) is 25.0 Å². The van der Waals surface area contributed by atoms with Gasteiger partial charge >= 0.3 is 17.9 Å². The van der Waals surface area contributed by atoms with Gasteiger partial charge in [-0.15, -0.1) is 0 Å². The Morgan fingerprint density at radius 1 is 0.854 bits per heavy atom. The summed E-state index contributed by atoms with van der Waals surface area (Å²) in [5.74, 6) is -3.99.